The van der Waals surface area contributed by atoms with Crippen LogP contribution in [0.2, 0.25) is 0 Å². The van der Waals surface area contributed by atoms with E-state index in [0.717, 1.165) is 71.1 Å². The van der Waals surface area contributed by atoms with E-state index < -0.39 is 5.60 Å². The fourth-order valence-corrected chi connectivity index (χ4v) is 5.63. The zero-order valence-electron chi connectivity index (χ0n) is 22.4. The van der Waals surface area contributed by atoms with E-state index in [1.54, 1.807) is 11.1 Å². The highest BCUT2D eigenvalue weighted by Crippen LogP contribution is 2.30. The lowest BCUT2D eigenvalue weighted by Crippen LogP contribution is -2.42. The number of nitrogens with one attached hydrogen (secondary N) is 2. The molecule has 0 aromatic carbocycles. The summed E-state index contributed by atoms with van der Waals surface area (Å²) in [7, 11) is 0. The second-order valence-corrected chi connectivity index (χ2v) is 12.3. The number of anilines is 1. The Kier molecular flexibility index (Phi) is 9.18. The number of fused-ring (bicyclic) bond motifs is 1. The van der Waals surface area contributed by atoms with Crippen LogP contribution in [-0.4, -0.2) is 63.1 Å². The molecule has 1 unspecified atom stereocenters. The third kappa shape index (κ3) is 7.26. The first-order chi connectivity index (χ1) is 17.6. The zero-order chi connectivity index (χ0) is 26.6. The van der Waals surface area contributed by atoms with Crippen LogP contribution >= 0.6 is 27.9 Å². The molecule has 0 radical (unpaired) electrons. The van der Waals surface area contributed by atoms with Crippen LogP contribution in [0, 0.1) is 5.92 Å². The Morgan fingerprint density at radius 2 is 2.08 bits per heavy atom. The van der Waals surface area contributed by atoms with Gasteiger partial charge in [0.25, 0.3) is 0 Å². The largest absolute Gasteiger partial charge is 0.444 e. The molecule has 2 aromatic rings. The number of carbonyl (C=O) groups excluding carboxylic acids is 1. The van der Waals surface area contributed by atoms with Gasteiger partial charge in [0.05, 0.1) is 21.4 Å². The van der Waals surface area contributed by atoms with Gasteiger partial charge in [-0.2, -0.15) is 9.61 Å². The molecule has 0 aliphatic carbocycles. The molecule has 0 spiro atoms. The number of halogens is 1. The van der Waals surface area contributed by atoms with Gasteiger partial charge in [0.15, 0.2) is 5.65 Å². The van der Waals surface area contributed by atoms with Crippen molar-refractivity contribution >= 4 is 51.1 Å². The quantitative estimate of drug-likeness (QED) is 0.314. The number of ether oxygens (including phenoxy) is 1. The Balaban J connectivity index is 1.40. The minimum atomic E-state index is -0.474. The van der Waals surface area contributed by atoms with Crippen molar-refractivity contribution in [2.75, 3.05) is 31.5 Å². The monoisotopic (exact) mass is 591 g/mol. The lowest BCUT2D eigenvalue weighted by molar-refractivity contribution is 0.0201. The third-order valence-corrected chi connectivity index (χ3v) is 8.18. The highest BCUT2D eigenvalue weighted by Gasteiger charge is 2.28. The molecule has 11 heteroatoms. The van der Waals surface area contributed by atoms with Crippen LogP contribution in [0.15, 0.2) is 32.2 Å². The summed E-state index contributed by atoms with van der Waals surface area (Å²) in [5.41, 5.74) is 2.49. The maximum atomic E-state index is 12.4. The lowest BCUT2D eigenvalue weighted by Gasteiger charge is -2.33. The van der Waals surface area contributed by atoms with E-state index >= 15 is 0 Å². The predicted molar refractivity (Wildman–Crippen MR) is 154 cm³/mol. The SMILES string of the molecule is C/C=C(/Nc1cc(C2CCCNC2)nc2c(Br)cnn12)S/N=C(\C)C1CCN(C(=O)OC(C)(C)C)CC1. The summed E-state index contributed by atoms with van der Waals surface area (Å²) in [4.78, 5) is 19.1. The molecule has 2 aromatic heterocycles. The van der Waals surface area contributed by atoms with Crippen LogP contribution in [0.5, 0.6) is 0 Å². The molecule has 202 valence electrons. The molecule has 2 saturated heterocycles. The zero-order valence-corrected chi connectivity index (χ0v) is 24.8. The van der Waals surface area contributed by atoms with Crippen molar-refractivity contribution in [3.05, 3.63) is 33.5 Å². The van der Waals surface area contributed by atoms with Crippen LogP contribution in [0.4, 0.5) is 10.6 Å². The summed E-state index contributed by atoms with van der Waals surface area (Å²) in [6, 6.07) is 2.11. The minimum Gasteiger partial charge on any atom is -0.444 e. The summed E-state index contributed by atoms with van der Waals surface area (Å²) in [5.74, 6) is 1.61. The van der Waals surface area contributed by atoms with E-state index in [0.29, 0.717) is 24.9 Å². The Morgan fingerprint density at radius 1 is 1.32 bits per heavy atom. The van der Waals surface area contributed by atoms with Crippen molar-refractivity contribution in [3.8, 4) is 0 Å². The molecular formula is C26H38BrN7O2S. The van der Waals surface area contributed by atoms with Gasteiger partial charge >= 0.3 is 6.09 Å². The van der Waals surface area contributed by atoms with Crippen molar-refractivity contribution in [2.24, 2.45) is 10.3 Å². The molecule has 37 heavy (non-hydrogen) atoms. The number of amides is 1. The first-order valence-corrected chi connectivity index (χ1v) is 14.6. The van der Waals surface area contributed by atoms with Crippen molar-refractivity contribution in [1.82, 2.24) is 24.8 Å². The van der Waals surface area contributed by atoms with Crippen LogP contribution in [0.1, 0.15) is 71.9 Å². The second-order valence-electron chi connectivity index (χ2n) is 10.7. The van der Waals surface area contributed by atoms with Crippen molar-refractivity contribution in [1.29, 1.82) is 0 Å². The number of likely N-dealkylation sites (tertiary alicyclic amines) is 1. The standard InChI is InChI=1S/C26H38BrN7O2S/c1-6-23(37-32-17(2)18-9-12-33(13-10-18)25(35)36-26(3,4)5)31-22-14-21(19-8-7-11-28-15-19)30-24-20(27)16-29-34(22)24/h6,14,16,18-19,28,31H,7-13,15H2,1-5H3/b23-6-,32-17+. The Morgan fingerprint density at radius 3 is 2.73 bits per heavy atom. The number of allylic oxidation sites excluding steroid dienone is 1. The van der Waals surface area contributed by atoms with Gasteiger partial charge in [0, 0.05) is 55.2 Å². The average Bonchev–Trinajstić information content (AvgIpc) is 3.26. The van der Waals surface area contributed by atoms with E-state index in [9.17, 15) is 4.79 Å². The highest BCUT2D eigenvalue weighted by atomic mass is 79.9. The molecule has 2 aliphatic rings. The van der Waals surface area contributed by atoms with Gasteiger partial charge in [0.2, 0.25) is 0 Å². The fourth-order valence-electron chi connectivity index (χ4n) is 4.63. The van der Waals surface area contributed by atoms with Gasteiger partial charge in [0.1, 0.15) is 11.4 Å². The molecule has 2 N–H and O–H groups in total. The van der Waals surface area contributed by atoms with Gasteiger partial charge in [-0.15, -0.1) is 0 Å². The Bertz CT molecular complexity index is 1160. The molecule has 0 saturated carbocycles. The maximum Gasteiger partial charge on any atom is 0.410 e. The first kappa shape index (κ1) is 27.9. The van der Waals surface area contributed by atoms with Crippen LogP contribution in [-0.2, 0) is 4.74 Å². The number of hydrogen-bond donors (Lipinski definition) is 2. The predicted octanol–water partition coefficient (Wildman–Crippen LogP) is 5.99. The molecule has 2 fully saturated rings. The number of nitrogens with zero attached hydrogens (tertiary/aromatic N) is 5. The number of hydrogen-bond acceptors (Lipinski definition) is 8. The molecular weight excluding hydrogens is 554 g/mol. The minimum absolute atomic E-state index is 0.229. The average molecular weight is 593 g/mol. The Hall–Kier alpha value is -2.11. The van der Waals surface area contributed by atoms with Gasteiger partial charge in [-0.3, -0.25) is 0 Å². The third-order valence-electron chi connectivity index (χ3n) is 6.70. The van der Waals surface area contributed by atoms with Gasteiger partial charge in [-0.25, -0.2) is 14.2 Å². The Labute approximate surface area is 232 Å². The smallest absolute Gasteiger partial charge is 0.410 e. The van der Waals surface area contributed by atoms with Crippen molar-refractivity contribution < 1.29 is 9.53 Å². The molecule has 0 bridgehead atoms. The van der Waals surface area contributed by atoms with Gasteiger partial charge in [-0.1, -0.05) is 6.08 Å². The topological polar surface area (TPSA) is 96.1 Å². The summed E-state index contributed by atoms with van der Waals surface area (Å²) < 4.78 is 13.1. The van der Waals surface area contributed by atoms with E-state index in [1.165, 1.54) is 11.9 Å². The highest BCUT2D eigenvalue weighted by molar-refractivity contribution is 9.10. The fraction of sp³-hybridized carbons (Fsp3) is 0.615. The van der Waals surface area contributed by atoms with Crippen LogP contribution in [0.25, 0.3) is 5.65 Å². The molecule has 1 atom stereocenters. The number of piperidine rings is 2. The summed E-state index contributed by atoms with van der Waals surface area (Å²) in [6.07, 6.45) is 7.64. The summed E-state index contributed by atoms with van der Waals surface area (Å²) >= 11 is 5.04. The van der Waals surface area contributed by atoms with Gasteiger partial charge < -0.3 is 20.3 Å². The van der Waals surface area contributed by atoms with E-state index in [4.69, 9.17) is 14.1 Å². The number of aromatic nitrogens is 3. The van der Waals surface area contributed by atoms with E-state index in [2.05, 4.69) is 44.7 Å². The van der Waals surface area contributed by atoms with E-state index in [-0.39, 0.29) is 6.09 Å². The molecule has 2 aliphatic heterocycles. The van der Waals surface area contributed by atoms with Crippen molar-refractivity contribution in [3.63, 3.8) is 0 Å². The van der Waals surface area contributed by atoms with Crippen molar-refractivity contribution in [2.45, 2.75) is 71.8 Å². The molecule has 4 rings (SSSR count). The lowest BCUT2D eigenvalue weighted by atomic mass is 9.93. The molecule has 1 amide bonds. The summed E-state index contributed by atoms with van der Waals surface area (Å²) in [5, 5.41) is 12.5. The molecule has 9 nitrogen and oxygen atoms in total. The summed E-state index contributed by atoms with van der Waals surface area (Å²) in [6.45, 7) is 13.2. The number of carbonyl (C=O) groups is 1. The molecule has 4 heterocycles. The first-order valence-electron chi connectivity index (χ1n) is 13.0. The maximum absolute atomic E-state index is 12.4. The number of rotatable bonds is 6. The van der Waals surface area contributed by atoms with E-state index in [1.807, 2.05) is 38.3 Å². The van der Waals surface area contributed by atoms with Gasteiger partial charge in [-0.05, 0) is 82.8 Å². The van der Waals surface area contributed by atoms with Crippen LogP contribution < -0.4 is 10.6 Å². The van der Waals surface area contributed by atoms with Crippen LogP contribution in [0.3, 0.4) is 0 Å². The second kappa shape index (κ2) is 12.2. The normalized spacial score (nSPS) is 20.4.